The molecule has 118 valence electrons. The quantitative estimate of drug-likeness (QED) is 0.858. The Morgan fingerprint density at radius 1 is 1.24 bits per heavy atom. The van der Waals surface area contributed by atoms with Crippen molar-refractivity contribution in [3.05, 3.63) is 16.4 Å². The molecule has 6 nitrogen and oxygen atoms in total. The van der Waals surface area contributed by atoms with Gasteiger partial charge in [0.25, 0.3) is 0 Å². The molecule has 1 saturated heterocycles. The van der Waals surface area contributed by atoms with E-state index in [0.717, 1.165) is 62.1 Å². The van der Waals surface area contributed by atoms with Crippen molar-refractivity contribution in [3.63, 3.8) is 0 Å². The van der Waals surface area contributed by atoms with E-state index in [1.807, 2.05) is 9.58 Å². The minimum absolute atomic E-state index is 0.126. The number of carboxylic acid groups (broad SMARTS) is 1. The summed E-state index contributed by atoms with van der Waals surface area (Å²) >= 11 is 6.43. The largest absolute Gasteiger partial charge is 0.480 e. The standard InChI is InChI=1S/C14H23ClN4O2/c1-3-11-14(15)12(19(4-2)16-11)9-17-5-7-18(8-6-17)10-13(20)21/h3-10H2,1-2H3,(H,20,21). The van der Waals surface area contributed by atoms with Crippen LogP contribution in [0.15, 0.2) is 0 Å². The van der Waals surface area contributed by atoms with Crippen LogP contribution in [-0.2, 0) is 24.3 Å². The van der Waals surface area contributed by atoms with Crippen LogP contribution in [0, 0.1) is 0 Å². The van der Waals surface area contributed by atoms with Gasteiger partial charge < -0.3 is 5.11 Å². The second-order valence-corrected chi connectivity index (χ2v) is 5.70. The lowest BCUT2D eigenvalue weighted by atomic mass is 10.2. The number of aromatic nitrogens is 2. The first-order valence-electron chi connectivity index (χ1n) is 7.45. The van der Waals surface area contributed by atoms with E-state index in [1.165, 1.54) is 0 Å². The molecule has 21 heavy (non-hydrogen) atoms. The Labute approximate surface area is 130 Å². The van der Waals surface area contributed by atoms with Crippen LogP contribution in [0.4, 0.5) is 0 Å². The number of aryl methyl sites for hydroxylation is 2. The Morgan fingerprint density at radius 2 is 1.86 bits per heavy atom. The van der Waals surface area contributed by atoms with Crippen LogP contribution in [0.25, 0.3) is 0 Å². The molecule has 1 N–H and O–H groups in total. The van der Waals surface area contributed by atoms with Crippen molar-refractivity contribution >= 4 is 17.6 Å². The fraction of sp³-hybridized carbons (Fsp3) is 0.714. The van der Waals surface area contributed by atoms with Gasteiger partial charge in [-0.1, -0.05) is 18.5 Å². The highest BCUT2D eigenvalue weighted by molar-refractivity contribution is 6.31. The normalized spacial score (nSPS) is 17.3. The number of hydrogen-bond acceptors (Lipinski definition) is 4. The molecule has 0 spiro atoms. The van der Waals surface area contributed by atoms with Crippen molar-refractivity contribution in [2.24, 2.45) is 0 Å². The molecule has 2 heterocycles. The molecule has 1 aromatic rings. The zero-order valence-electron chi connectivity index (χ0n) is 12.7. The van der Waals surface area contributed by atoms with Crippen LogP contribution < -0.4 is 0 Å². The van der Waals surface area contributed by atoms with Crippen LogP contribution in [0.5, 0.6) is 0 Å². The van der Waals surface area contributed by atoms with Crippen molar-refractivity contribution in [3.8, 4) is 0 Å². The number of carboxylic acids is 1. The van der Waals surface area contributed by atoms with Gasteiger partial charge >= 0.3 is 5.97 Å². The summed E-state index contributed by atoms with van der Waals surface area (Å²) in [5.74, 6) is -0.761. The Bertz CT molecular complexity index is 495. The molecule has 0 aromatic carbocycles. The highest BCUT2D eigenvalue weighted by Crippen LogP contribution is 2.23. The van der Waals surface area contributed by atoms with Gasteiger partial charge in [0.05, 0.1) is 23.0 Å². The van der Waals surface area contributed by atoms with Crippen molar-refractivity contribution in [1.29, 1.82) is 0 Å². The van der Waals surface area contributed by atoms with E-state index in [0.29, 0.717) is 0 Å². The molecule has 0 bridgehead atoms. The molecule has 1 aromatic heterocycles. The van der Waals surface area contributed by atoms with Crippen LogP contribution in [0.1, 0.15) is 25.2 Å². The smallest absolute Gasteiger partial charge is 0.317 e. The van der Waals surface area contributed by atoms with Gasteiger partial charge in [-0.25, -0.2) is 0 Å². The van der Waals surface area contributed by atoms with E-state index >= 15 is 0 Å². The third-order valence-electron chi connectivity index (χ3n) is 3.89. The lowest BCUT2D eigenvalue weighted by molar-refractivity contribution is -0.138. The second-order valence-electron chi connectivity index (χ2n) is 5.32. The summed E-state index contributed by atoms with van der Waals surface area (Å²) < 4.78 is 1.98. The summed E-state index contributed by atoms with van der Waals surface area (Å²) in [6, 6.07) is 0. The minimum atomic E-state index is -0.761. The summed E-state index contributed by atoms with van der Waals surface area (Å²) in [4.78, 5) is 15.0. The number of aliphatic carboxylic acids is 1. The maximum Gasteiger partial charge on any atom is 0.317 e. The van der Waals surface area contributed by atoms with Gasteiger partial charge in [-0.15, -0.1) is 0 Å². The van der Waals surface area contributed by atoms with Gasteiger partial charge in [0.1, 0.15) is 0 Å². The van der Waals surface area contributed by atoms with Crippen LogP contribution >= 0.6 is 11.6 Å². The van der Waals surface area contributed by atoms with Crippen LogP contribution in [0.3, 0.4) is 0 Å². The molecular formula is C14H23ClN4O2. The maximum absolute atomic E-state index is 10.7. The monoisotopic (exact) mass is 314 g/mol. The zero-order valence-corrected chi connectivity index (χ0v) is 13.4. The first-order valence-corrected chi connectivity index (χ1v) is 7.83. The van der Waals surface area contributed by atoms with Crippen molar-refractivity contribution in [2.45, 2.75) is 33.4 Å². The topological polar surface area (TPSA) is 61.6 Å². The third kappa shape index (κ3) is 3.96. The summed E-state index contributed by atoms with van der Waals surface area (Å²) in [6.45, 7) is 9.13. The molecule has 0 aliphatic carbocycles. The van der Waals surface area contributed by atoms with Crippen LogP contribution in [0.2, 0.25) is 5.02 Å². The number of hydrogen-bond donors (Lipinski definition) is 1. The van der Waals surface area contributed by atoms with Gasteiger partial charge in [0.2, 0.25) is 0 Å². The van der Waals surface area contributed by atoms with Gasteiger partial charge in [0.15, 0.2) is 0 Å². The number of halogens is 1. The maximum atomic E-state index is 10.7. The summed E-state index contributed by atoms with van der Waals surface area (Å²) in [7, 11) is 0. The predicted molar refractivity (Wildman–Crippen MR) is 81.6 cm³/mol. The van der Waals surface area contributed by atoms with Gasteiger partial charge in [-0.05, 0) is 13.3 Å². The summed E-state index contributed by atoms with van der Waals surface area (Å²) in [5, 5.41) is 14.1. The van der Waals surface area contributed by atoms with Gasteiger partial charge in [0, 0.05) is 39.3 Å². The van der Waals surface area contributed by atoms with E-state index in [-0.39, 0.29) is 6.54 Å². The molecule has 0 radical (unpaired) electrons. The van der Waals surface area contributed by atoms with Crippen molar-refractivity contribution in [2.75, 3.05) is 32.7 Å². The highest BCUT2D eigenvalue weighted by Gasteiger charge is 2.22. The van der Waals surface area contributed by atoms with Crippen molar-refractivity contribution in [1.82, 2.24) is 19.6 Å². The zero-order chi connectivity index (χ0) is 15.4. The van der Waals surface area contributed by atoms with E-state index in [4.69, 9.17) is 16.7 Å². The highest BCUT2D eigenvalue weighted by atomic mass is 35.5. The number of piperazine rings is 1. The van der Waals surface area contributed by atoms with E-state index in [9.17, 15) is 4.79 Å². The minimum Gasteiger partial charge on any atom is -0.480 e. The average molecular weight is 315 g/mol. The fourth-order valence-electron chi connectivity index (χ4n) is 2.68. The van der Waals surface area contributed by atoms with Gasteiger partial charge in [-0.2, -0.15) is 5.10 Å². The van der Waals surface area contributed by atoms with E-state index in [1.54, 1.807) is 0 Å². The lowest BCUT2D eigenvalue weighted by Gasteiger charge is -2.33. The Hall–Kier alpha value is -1.11. The summed E-state index contributed by atoms with van der Waals surface area (Å²) in [6.07, 6.45) is 0.839. The second kappa shape index (κ2) is 7.24. The Kier molecular flexibility index (Phi) is 5.61. The molecule has 1 aliphatic rings. The SMILES string of the molecule is CCc1nn(CC)c(CN2CCN(CC(=O)O)CC2)c1Cl. The van der Waals surface area contributed by atoms with Gasteiger partial charge in [-0.3, -0.25) is 19.3 Å². The first-order chi connectivity index (χ1) is 10.0. The number of carbonyl (C=O) groups is 1. The molecule has 0 saturated carbocycles. The van der Waals surface area contributed by atoms with E-state index < -0.39 is 5.97 Å². The lowest BCUT2D eigenvalue weighted by Crippen LogP contribution is -2.47. The number of rotatable bonds is 6. The van der Waals surface area contributed by atoms with E-state index in [2.05, 4.69) is 23.8 Å². The third-order valence-corrected chi connectivity index (χ3v) is 4.33. The Morgan fingerprint density at radius 3 is 2.38 bits per heavy atom. The van der Waals surface area contributed by atoms with Crippen molar-refractivity contribution < 1.29 is 9.90 Å². The number of nitrogens with zero attached hydrogens (tertiary/aromatic N) is 4. The predicted octanol–water partition coefficient (Wildman–Crippen LogP) is 1.32. The average Bonchev–Trinajstić information content (AvgIpc) is 2.77. The molecule has 0 unspecified atom stereocenters. The molecule has 7 heteroatoms. The molecular weight excluding hydrogens is 292 g/mol. The van der Waals surface area contributed by atoms with Crippen LogP contribution in [-0.4, -0.2) is 63.4 Å². The molecule has 2 rings (SSSR count). The molecule has 1 aliphatic heterocycles. The fourth-order valence-corrected chi connectivity index (χ4v) is 3.01. The molecule has 0 amide bonds. The molecule has 1 fully saturated rings. The molecule has 0 atom stereocenters. The summed E-state index contributed by atoms with van der Waals surface area (Å²) in [5.41, 5.74) is 2.03. The first kappa shape index (κ1) is 16.3. The Balaban J connectivity index is 1.97.